The summed E-state index contributed by atoms with van der Waals surface area (Å²) >= 11 is 0. The highest BCUT2D eigenvalue weighted by atomic mass is 16.5. The summed E-state index contributed by atoms with van der Waals surface area (Å²) in [7, 11) is 0. The number of carbonyl (C=O) groups excluding carboxylic acids is 1. The number of carbonyl (C=O) groups is 1. The van der Waals surface area contributed by atoms with E-state index in [0.717, 1.165) is 26.0 Å². The van der Waals surface area contributed by atoms with E-state index >= 15 is 0 Å². The van der Waals surface area contributed by atoms with Gasteiger partial charge in [-0.05, 0) is 26.2 Å². The van der Waals surface area contributed by atoms with E-state index in [9.17, 15) is 4.79 Å². The van der Waals surface area contributed by atoms with E-state index in [1.165, 1.54) is 6.42 Å². The van der Waals surface area contributed by atoms with Crippen LogP contribution in [-0.2, 0) is 14.3 Å². The third kappa shape index (κ3) is 2.97. The fraction of sp³-hybridized carbons (Fsp3) is 0.917. The van der Waals surface area contributed by atoms with Gasteiger partial charge >= 0.3 is 5.97 Å². The topological polar surface area (TPSA) is 64.8 Å². The zero-order valence-corrected chi connectivity index (χ0v) is 10.4. The van der Waals surface area contributed by atoms with Crippen LogP contribution < -0.4 is 5.73 Å². The second-order valence-electron chi connectivity index (χ2n) is 4.76. The van der Waals surface area contributed by atoms with Crippen molar-refractivity contribution in [3.8, 4) is 0 Å². The molecule has 5 heteroatoms. The predicted octanol–water partition coefficient (Wildman–Crippen LogP) is 0.130. The molecular formula is C12H22N2O3. The Hall–Kier alpha value is -0.650. The minimum absolute atomic E-state index is 0.298. The Bertz CT molecular complexity index is 272. The first-order valence-corrected chi connectivity index (χ1v) is 6.50. The lowest BCUT2D eigenvalue weighted by Crippen LogP contribution is -2.54. The molecule has 0 bridgehead atoms. The number of hydrogen-bond donors (Lipinski definition) is 1. The van der Waals surface area contributed by atoms with Gasteiger partial charge in [0.25, 0.3) is 0 Å². The van der Waals surface area contributed by atoms with Crippen molar-refractivity contribution < 1.29 is 14.3 Å². The van der Waals surface area contributed by atoms with Crippen LogP contribution >= 0.6 is 0 Å². The van der Waals surface area contributed by atoms with Crippen molar-refractivity contribution in [1.82, 2.24) is 4.90 Å². The van der Waals surface area contributed by atoms with Crippen LogP contribution in [-0.4, -0.2) is 55.4 Å². The zero-order valence-electron chi connectivity index (χ0n) is 10.4. The zero-order chi connectivity index (χ0) is 12.3. The molecule has 2 N–H and O–H groups in total. The smallest absolute Gasteiger partial charge is 0.324 e. The quantitative estimate of drug-likeness (QED) is 0.710. The third-order valence-electron chi connectivity index (χ3n) is 3.62. The molecule has 2 fully saturated rings. The highest BCUT2D eigenvalue weighted by Crippen LogP contribution is 2.29. The summed E-state index contributed by atoms with van der Waals surface area (Å²) in [6.45, 7) is 4.39. The maximum atomic E-state index is 11.5. The summed E-state index contributed by atoms with van der Waals surface area (Å²) in [5, 5.41) is 0. The van der Waals surface area contributed by atoms with Gasteiger partial charge in [0.05, 0.1) is 19.3 Å². The van der Waals surface area contributed by atoms with Gasteiger partial charge in [0, 0.05) is 19.1 Å². The molecule has 0 radical (unpaired) electrons. The lowest BCUT2D eigenvalue weighted by Gasteiger charge is -2.38. The summed E-state index contributed by atoms with van der Waals surface area (Å²) < 4.78 is 10.7. The lowest BCUT2D eigenvalue weighted by molar-refractivity contribution is -0.146. The maximum absolute atomic E-state index is 11.5. The molecule has 1 heterocycles. The molecule has 0 aromatic rings. The molecule has 0 aromatic heterocycles. The molecule has 1 aliphatic heterocycles. The number of fused-ring (bicyclic) bond motifs is 1. The van der Waals surface area contributed by atoms with Crippen LogP contribution in [0.25, 0.3) is 0 Å². The number of nitrogens with zero attached hydrogens (tertiary/aromatic N) is 1. The second kappa shape index (κ2) is 5.80. The molecule has 2 rings (SSSR count). The van der Waals surface area contributed by atoms with Crippen molar-refractivity contribution in [2.45, 2.75) is 44.4 Å². The Kier molecular flexibility index (Phi) is 4.36. The number of hydrogen-bond acceptors (Lipinski definition) is 5. The van der Waals surface area contributed by atoms with Gasteiger partial charge in [-0.3, -0.25) is 9.69 Å². The van der Waals surface area contributed by atoms with E-state index in [1.54, 1.807) is 6.92 Å². The molecule has 98 valence electrons. The Morgan fingerprint density at radius 1 is 1.59 bits per heavy atom. The first-order chi connectivity index (χ1) is 8.22. The number of esters is 1. The van der Waals surface area contributed by atoms with Crippen LogP contribution in [0.3, 0.4) is 0 Å². The first kappa shape index (κ1) is 12.8. The monoisotopic (exact) mass is 242 g/mol. The van der Waals surface area contributed by atoms with E-state index in [2.05, 4.69) is 4.90 Å². The number of rotatable bonds is 4. The van der Waals surface area contributed by atoms with Crippen molar-refractivity contribution in [2.75, 3.05) is 26.3 Å². The van der Waals surface area contributed by atoms with Crippen molar-refractivity contribution in [2.24, 2.45) is 5.73 Å². The molecule has 0 amide bonds. The van der Waals surface area contributed by atoms with Crippen molar-refractivity contribution in [3.63, 3.8) is 0 Å². The number of nitrogens with two attached hydrogens (primary N) is 1. The molecule has 1 saturated carbocycles. The van der Waals surface area contributed by atoms with Gasteiger partial charge in [0.2, 0.25) is 0 Å². The molecule has 3 atom stereocenters. The van der Waals surface area contributed by atoms with E-state index in [1.807, 2.05) is 0 Å². The van der Waals surface area contributed by atoms with Gasteiger partial charge in [-0.25, -0.2) is 0 Å². The molecule has 0 aromatic carbocycles. The molecule has 3 unspecified atom stereocenters. The van der Waals surface area contributed by atoms with Gasteiger partial charge in [0.1, 0.15) is 6.04 Å². The molecule has 1 aliphatic carbocycles. The van der Waals surface area contributed by atoms with E-state index in [-0.39, 0.29) is 5.97 Å². The maximum Gasteiger partial charge on any atom is 0.324 e. The lowest BCUT2D eigenvalue weighted by atomic mass is 10.1. The van der Waals surface area contributed by atoms with Crippen molar-refractivity contribution in [1.29, 1.82) is 0 Å². The predicted molar refractivity (Wildman–Crippen MR) is 63.6 cm³/mol. The Morgan fingerprint density at radius 2 is 2.41 bits per heavy atom. The first-order valence-electron chi connectivity index (χ1n) is 6.50. The van der Waals surface area contributed by atoms with Crippen LogP contribution in [0, 0.1) is 0 Å². The molecule has 0 spiro atoms. The Balaban J connectivity index is 1.86. The van der Waals surface area contributed by atoms with Crippen LogP contribution in [0.4, 0.5) is 0 Å². The average Bonchev–Trinajstić information content (AvgIpc) is 2.78. The van der Waals surface area contributed by atoms with Crippen LogP contribution in [0.2, 0.25) is 0 Å². The molecule has 1 saturated heterocycles. The summed E-state index contributed by atoms with van der Waals surface area (Å²) in [5.41, 5.74) is 5.86. The van der Waals surface area contributed by atoms with Gasteiger partial charge in [-0.2, -0.15) is 0 Å². The van der Waals surface area contributed by atoms with Gasteiger partial charge in [0.15, 0.2) is 0 Å². The summed E-state index contributed by atoms with van der Waals surface area (Å²) in [4.78, 5) is 13.8. The SMILES string of the molecule is CCOC(=O)C(N)CN1CCOC2CCCC21. The Morgan fingerprint density at radius 3 is 3.18 bits per heavy atom. The summed E-state index contributed by atoms with van der Waals surface area (Å²) in [6.07, 6.45) is 3.84. The fourth-order valence-electron chi connectivity index (χ4n) is 2.81. The van der Waals surface area contributed by atoms with Gasteiger partial charge in [-0.1, -0.05) is 0 Å². The van der Waals surface area contributed by atoms with Crippen molar-refractivity contribution >= 4 is 5.97 Å². The largest absolute Gasteiger partial charge is 0.465 e. The van der Waals surface area contributed by atoms with Crippen LogP contribution in [0.15, 0.2) is 0 Å². The van der Waals surface area contributed by atoms with E-state index in [4.69, 9.17) is 15.2 Å². The minimum Gasteiger partial charge on any atom is -0.465 e. The molecule has 17 heavy (non-hydrogen) atoms. The second-order valence-corrected chi connectivity index (χ2v) is 4.76. The minimum atomic E-state index is -0.533. The average molecular weight is 242 g/mol. The molecule has 5 nitrogen and oxygen atoms in total. The van der Waals surface area contributed by atoms with Crippen LogP contribution in [0.5, 0.6) is 0 Å². The molecular weight excluding hydrogens is 220 g/mol. The van der Waals surface area contributed by atoms with Gasteiger partial charge in [-0.15, -0.1) is 0 Å². The number of morpholine rings is 1. The Labute approximate surface area is 102 Å². The normalized spacial score (nSPS) is 30.9. The highest BCUT2D eigenvalue weighted by molar-refractivity contribution is 5.75. The number of ether oxygens (including phenoxy) is 2. The van der Waals surface area contributed by atoms with Gasteiger partial charge < -0.3 is 15.2 Å². The summed E-state index contributed by atoms with van der Waals surface area (Å²) in [5.74, 6) is -0.298. The van der Waals surface area contributed by atoms with Crippen LogP contribution in [0.1, 0.15) is 26.2 Å². The fourth-order valence-corrected chi connectivity index (χ4v) is 2.81. The third-order valence-corrected chi connectivity index (χ3v) is 3.62. The standard InChI is InChI=1S/C12H22N2O3/c1-2-16-12(15)9(13)8-14-6-7-17-11-5-3-4-10(11)14/h9-11H,2-8,13H2,1H3. The highest BCUT2D eigenvalue weighted by Gasteiger charge is 2.37. The van der Waals surface area contributed by atoms with E-state index < -0.39 is 6.04 Å². The van der Waals surface area contributed by atoms with E-state index in [0.29, 0.717) is 25.3 Å². The van der Waals surface area contributed by atoms with Crippen molar-refractivity contribution in [3.05, 3.63) is 0 Å². The molecule has 2 aliphatic rings. The summed E-state index contributed by atoms with van der Waals surface area (Å²) in [6, 6.07) is -0.0847.